The molecule has 3 aliphatic rings. The van der Waals surface area contributed by atoms with E-state index in [0.717, 1.165) is 40.4 Å². The highest BCUT2D eigenvalue weighted by atomic mass is 32.2. The van der Waals surface area contributed by atoms with E-state index in [4.69, 9.17) is 4.74 Å². The molecule has 2 N–H and O–H groups in total. The number of anilines is 1. The maximum absolute atomic E-state index is 13.8. The van der Waals surface area contributed by atoms with E-state index in [1.807, 2.05) is 4.90 Å². The quantitative estimate of drug-likeness (QED) is 0.0745. The van der Waals surface area contributed by atoms with Crippen molar-refractivity contribution in [2.24, 2.45) is 0 Å². The first-order valence-corrected chi connectivity index (χ1v) is 23.5. The number of nitrogens with zero attached hydrogens (tertiary/aromatic N) is 4. The molecule has 4 amide bonds. The number of carboxylic acids is 1. The van der Waals surface area contributed by atoms with Gasteiger partial charge in [0.15, 0.2) is 4.90 Å². The SMILES string of the molecule is C[Si](C)(C)CCOCN1C(=O)CCC(N2C(=O)c3ccc(-c4cccc(S(=O)(=O)NCC5CCCCN5c5ccc(C(=O)O)cc5)c4[N+](=O)[O-])cc3C2=O)C1=O. The molecule has 296 valence electrons. The third kappa shape index (κ3) is 8.28. The second kappa shape index (κ2) is 16.0. The first kappa shape index (κ1) is 40.4. The van der Waals surface area contributed by atoms with E-state index >= 15 is 0 Å². The van der Waals surface area contributed by atoms with Crippen molar-refractivity contribution in [1.82, 2.24) is 14.5 Å². The molecular weight excluding hydrogens is 763 g/mol. The van der Waals surface area contributed by atoms with E-state index in [1.54, 1.807) is 12.1 Å². The Kier molecular flexibility index (Phi) is 11.6. The number of benzene rings is 3. The summed E-state index contributed by atoms with van der Waals surface area (Å²) in [5.74, 6) is -3.85. The number of aromatic carboxylic acids is 1. The van der Waals surface area contributed by atoms with Crippen LogP contribution in [0.25, 0.3) is 11.1 Å². The maximum Gasteiger partial charge on any atom is 0.335 e. The van der Waals surface area contributed by atoms with Gasteiger partial charge in [0, 0.05) is 45.9 Å². The lowest BCUT2D eigenvalue weighted by Gasteiger charge is -2.37. The molecule has 2 atom stereocenters. The van der Waals surface area contributed by atoms with Crippen LogP contribution in [-0.4, -0.2) is 104 Å². The molecule has 3 aliphatic heterocycles. The van der Waals surface area contributed by atoms with Crippen molar-refractivity contribution < 1.29 is 47.2 Å². The Bertz CT molecular complexity index is 2210. The van der Waals surface area contributed by atoms with E-state index in [1.165, 1.54) is 42.5 Å². The lowest BCUT2D eigenvalue weighted by Crippen LogP contribution is -2.56. The molecule has 0 spiro atoms. The highest BCUT2D eigenvalue weighted by Gasteiger charge is 2.47. The lowest BCUT2D eigenvalue weighted by atomic mass is 9.99. The number of piperidine rings is 2. The summed E-state index contributed by atoms with van der Waals surface area (Å²) >= 11 is 0. The van der Waals surface area contributed by atoms with Gasteiger partial charge in [0.25, 0.3) is 23.4 Å². The van der Waals surface area contributed by atoms with Crippen molar-refractivity contribution in [1.29, 1.82) is 0 Å². The van der Waals surface area contributed by atoms with Crippen LogP contribution in [-0.2, 0) is 24.3 Å². The molecule has 0 aromatic heterocycles. The van der Waals surface area contributed by atoms with Gasteiger partial charge in [-0.25, -0.2) is 17.9 Å². The topological polar surface area (TPSA) is 214 Å². The van der Waals surface area contributed by atoms with Crippen molar-refractivity contribution in [2.45, 2.75) is 74.8 Å². The van der Waals surface area contributed by atoms with Crippen molar-refractivity contribution in [2.75, 3.05) is 31.3 Å². The standard InChI is InChI=1S/C38H43N5O11SSi/c1-56(2,3)20-19-54-23-41-33(44)17-16-31(37(41)47)42-35(45)29-15-12-25(21-30(29)36(42)46)28-8-6-9-32(34(28)43(50)51)55(52,53)39-22-27-7-4-5-18-40(27)26-13-10-24(11-14-26)38(48)49/h6,8-15,21,27,31,39H,4-5,7,16-20,22-23H2,1-3H3,(H,48,49). The summed E-state index contributed by atoms with van der Waals surface area (Å²) in [5.41, 5.74) is -0.0718. The second-order valence-corrected chi connectivity index (χ2v) is 22.6. The summed E-state index contributed by atoms with van der Waals surface area (Å²) < 4.78 is 35.7. The third-order valence-electron chi connectivity index (χ3n) is 10.3. The number of nitro benzene ring substituents is 1. The van der Waals surface area contributed by atoms with Crippen molar-refractivity contribution in [3.8, 4) is 11.1 Å². The summed E-state index contributed by atoms with van der Waals surface area (Å²) in [6, 6.07) is 13.3. The number of imide groups is 2. The highest BCUT2D eigenvalue weighted by molar-refractivity contribution is 7.89. The minimum Gasteiger partial charge on any atom is -0.478 e. The Balaban J connectivity index is 1.22. The normalized spacial score (nSPS) is 19.1. The van der Waals surface area contributed by atoms with Gasteiger partial charge in [-0.15, -0.1) is 0 Å². The summed E-state index contributed by atoms with van der Waals surface area (Å²) in [7, 11) is -5.92. The minimum atomic E-state index is -4.48. The van der Waals surface area contributed by atoms with Crippen LogP contribution in [0.4, 0.5) is 11.4 Å². The molecule has 0 radical (unpaired) electrons. The number of nitro groups is 1. The van der Waals surface area contributed by atoms with Gasteiger partial charge in [0.05, 0.1) is 27.2 Å². The number of ether oxygens (including phenoxy) is 1. The van der Waals surface area contributed by atoms with Crippen molar-refractivity contribution in [3.05, 3.63) is 87.5 Å². The number of carbonyl (C=O) groups excluding carboxylic acids is 4. The van der Waals surface area contributed by atoms with Gasteiger partial charge in [0.1, 0.15) is 12.8 Å². The van der Waals surface area contributed by atoms with Crippen LogP contribution in [0.2, 0.25) is 25.7 Å². The number of sulfonamides is 1. The predicted molar refractivity (Wildman–Crippen MR) is 206 cm³/mol. The van der Waals surface area contributed by atoms with Gasteiger partial charge in [0.2, 0.25) is 15.9 Å². The number of rotatable bonds is 14. The monoisotopic (exact) mass is 805 g/mol. The lowest BCUT2D eigenvalue weighted by molar-refractivity contribution is -0.387. The van der Waals surface area contributed by atoms with Gasteiger partial charge in [-0.05, 0) is 85.8 Å². The molecule has 0 bridgehead atoms. The molecule has 6 rings (SSSR count). The third-order valence-corrected chi connectivity index (χ3v) is 13.5. The van der Waals surface area contributed by atoms with Crippen molar-refractivity contribution in [3.63, 3.8) is 0 Å². The molecular formula is C38H43N5O11SSi. The Morgan fingerprint density at radius 2 is 1.68 bits per heavy atom. The number of hydrogen-bond donors (Lipinski definition) is 2. The van der Waals surface area contributed by atoms with Gasteiger partial charge in [-0.1, -0.05) is 31.8 Å². The maximum atomic E-state index is 13.8. The number of hydrogen-bond acceptors (Lipinski definition) is 11. The fraction of sp³-hybridized carbons (Fsp3) is 0.395. The van der Waals surface area contributed by atoms with Crippen LogP contribution in [0.5, 0.6) is 0 Å². The summed E-state index contributed by atoms with van der Waals surface area (Å²) in [6.07, 6.45) is 2.12. The first-order valence-electron chi connectivity index (χ1n) is 18.3. The van der Waals surface area contributed by atoms with Crippen LogP contribution >= 0.6 is 0 Å². The van der Waals surface area contributed by atoms with Gasteiger partial charge in [-0.3, -0.25) is 39.1 Å². The average Bonchev–Trinajstić information content (AvgIpc) is 3.41. The van der Waals surface area contributed by atoms with Crippen LogP contribution in [0, 0.1) is 10.1 Å². The van der Waals surface area contributed by atoms with Gasteiger partial charge >= 0.3 is 5.97 Å². The zero-order valence-corrected chi connectivity index (χ0v) is 33.0. The number of para-hydroxylation sites is 1. The van der Waals surface area contributed by atoms with Crippen LogP contribution in [0.1, 0.15) is 63.2 Å². The van der Waals surface area contributed by atoms with Crippen LogP contribution in [0.3, 0.4) is 0 Å². The molecule has 2 unspecified atom stereocenters. The summed E-state index contributed by atoms with van der Waals surface area (Å²) in [5, 5.41) is 21.9. The fourth-order valence-electron chi connectivity index (χ4n) is 7.23. The summed E-state index contributed by atoms with van der Waals surface area (Å²) in [4.78, 5) is 79.8. The largest absolute Gasteiger partial charge is 0.478 e. The number of amides is 4. The molecule has 56 heavy (non-hydrogen) atoms. The Morgan fingerprint density at radius 1 is 0.964 bits per heavy atom. The summed E-state index contributed by atoms with van der Waals surface area (Å²) in [6.45, 7) is 7.05. The molecule has 3 heterocycles. The van der Waals surface area contributed by atoms with Crippen LogP contribution < -0.4 is 9.62 Å². The Labute approximate surface area is 324 Å². The molecule has 2 fully saturated rings. The number of carbonyl (C=O) groups is 5. The zero-order chi connectivity index (χ0) is 40.5. The highest BCUT2D eigenvalue weighted by Crippen LogP contribution is 2.38. The van der Waals surface area contributed by atoms with Crippen molar-refractivity contribution >= 4 is 59.1 Å². The predicted octanol–water partition coefficient (Wildman–Crippen LogP) is 4.72. The molecule has 3 aromatic carbocycles. The fourth-order valence-corrected chi connectivity index (χ4v) is 9.25. The van der Waals surface area contributed by atoms with E-state index in [9.17, 15) is 47.6 Å². The Morgan fingerprint density at radius 3 is 2.36 bits per heavy atom. The molecule has 18 heteroatoms. The smallest absolute Gasteiger partial charge is 0.335 e. The zero-order valence-electron chi connectivity index (χ0n) is 31.2. The molecule has 3 aromatic rings. The molecule has 0 saturated carbocycles. The molecule has 0 aliphatic carbocycles. The van der Waals surface area contributed by atoms with Gasteiger partial charge < -0.3 is 14.7 Å². The second-order valence-electron chi connectivity index (χ2n) is 15.3. The number of likely N-dealkylation sites (tertiary alicyclic amines) is 1. The van der Waals surface area contributed by atoms with E-state index in [0.29, 0.717) is 19.6 Å². The minimum absolute atomic E-state index is 0.0379. The average molecular weight is 806 g/mol. The molecule has 16 nitrogen and oxygen atoms in total. The number of fused-ring (bicyclic) bond motifs is 1. The molecule has 2 saturated heterocycles. The van der Waals surface area contributed by atoms with Gasteiger partial charge in [-0.2, -0.15) is 0 Å². The first-order chi connectivity index (χ1) is 26.5. The van der Waals surface area contributed by atoms with E-state index in [2.05, 4.69) is 24.4 Å². The van der Waals surface area contributed by atoms with Crippen LogP contribution in [0.15, 0.2) is 65.6 Å². The Hall–Kier alpha value is -5.30. The van der Waals surface area contributed by atoms with E-state index < -0.39 is 69.2 Å². The number of carboxylic acid groups (broad SMARTS) is 1. The number of nitrogens with one attached hydrogen (secondary N) is 1. The van der Waals surface area contributed by atoms with E-state index in [-0.39, 0.29) is 60.0 Å².